The second kappa shape index (κ2) is 15.2. The fraction of sp³-hybridized carbons (Fsp3) is 0.0345. The van der Waals surface area contributed by atoms with Gasteiger partial charge in [-0.1, -0.05) is 164 Å². The molecule has 2 heteroatoms. The number of allylic oxidation sites excluding steroid dienone is 1. The van der Waals surface area contributed by atoms with E-state index in [9.17, 15) is 0 Å². The third-order valence-electron chi connectivity index (χ3n) is 11.9. The lowest BCUT2D eigenvalue weighted by molar-refractivity contribution is 0.596. The maximum Gasteiger partial charge on any atom is 0.142 e. The SMILES string of the molecule is C1=Cc2oc3c(-c4ccc(N(c5ccc(-c6cc(-c7ccccc7)cc(-c7ccccc7)c6)cc5)c5ccc(-c6cccc7ccccc67)cc5)cc4)cccc3c2CC1. The molecule has 0 spiro atoms. The van der Waals surface area contributed by atoms with Crippen molar-refractivity contribution in [2.24, 2.45) is 0 Å². The van der Waals surface area contributed by atoms with Gasteiger partial charge in [0.1, 0.15) is 11.3 Å². The minimum Gasteiger partial charge on any atom is -0.456 e. The quantitative estimate of drug-likeness (QED) is 0.153. The van der Waals surface area contributed by atoms with Crippen LogP contribution in [0.2, 0.25) is 0 Å². The maximum atomic E-state index is 6.48. The van der Waals surface area contributed by atoms with Gasteiger partial charge in [-0.15, -0.1) is 0 Å². The van der Waals surface area contributed by atoms with Crippen molar-refractivity contribution in [1.29, 1.82) is 0 Å². The van der Waals surface area contributed by atoms with Crippen LogP contribution in [0.15, 0.2) is 223 Å². The number of benzene rings is 9. The number of aryl methyl sites for hydroxylation is 1. The summed E-state index contributed by atoms with van der Waals surface area (Å²) >= 11 is 0. The van der Waals surface area contributed by atoms with Crippen LogP contribution in [0.4, 0.5) is 17.1 Å². The smallest absolute Gasteiger partial charge is 0.142 e. The molecule has 10 aromatic rings. The monoisotopic (exact) mass is 767 g/mol. The molecule has 0 N–H and O–H groups in total. The Morgan fingerprint density at radius 3 is 1.45 bits per heavy atom. The number of rotatable bonds is 8. The maximum absolute atomic E-state index is 6.48. The molecule has 2 nitrogen and oxygen atoms in total. The predicted molar refractivity (Wildman–Crippen MR) is 253 cm³/mol. The molecule has 0 atom stereocenters. The first-order valence-electron chi connectivity index (χ1n) is 20.8. The summed E-state index contributed by atoms with van der Waals surface area (Å²) < 4.78 is 6.48. The van der Waals surface area contributed by atoms with Crippen LogP contribution in [-0.2, 0) is 6.42 Å². The first-order chi connectivity index (χ1) is 29.7. The molecule has 1 heterocycles. The van der Waals surface area contributed by atoms with Crippen LogP contribution in [0.3, 0.4) is 0 Å². The number of hydrogen-bond donors (Lipinski definition) is 0. The molecule has 0 aliphatic heterocycles. The van der Waals surface area contributed by atoms with Crippen molar-refractivity contribution >= 4 is 44.9 Å². The van der Waals surface area contributed by atoms with Gasteiger partial charge in [0.05, 0.1) is 0 Å². The van der Waals surface area contributed by atoms with Crippen molar-refractivity contribution in [2.45, 2.75) is 12.8 Å². The van der Waals surface area contributed by atoms with Crippen molar-refractivity contribution < 1.29 is 4.42 Å². The van der Waals surface area contributed by atoms with Crippen LogP contribution in [0.25, 0.3) is 83.5 Å². The highest BCUT2D eigenvalue weighted by atomic mass is 16.3. The van der Waals surface area contributed by atoms with E-state index in [1.54, 1.807) is 0 Å². The number of para-hydroxylation sites is 1. The molecule has 0 radical (unpaired) electrons. The fourth-order valence-electron chi connectivity index (χ4n) is 8.92. The number of nitrogens with zero attached hydrogens (tertiary/aromatic N) is 1. The normalized spacial score (nSPS) is 12.1. The van der Waals surface area contributed by atoms with Gasteiger partial charge >= 0.3 is 0 Å². The van der Waals surface area contributed by atoms with Gasteiger partial charge in [0, 0.05) is 33.6 Å². The molecule has 11 rings (SSSR count). The zero-order chi connectivity index (χ0) is 39.8. The minimum absolute atomic E-state index is 0.963. The van der Waals surface area contributed by atoms with E-state index in [2.05, 4.69) is 229 Å². The summed E-state index contributed by atoms with van der Waals surface area (Å²) in [7, 11) is 0. The average molecular weight is 768 g/mol. The highest BCUT2D eigenvalue weighted by Crippen LogP contribution is 2.41. The van der Waals surface area contributed by atoms with Crippen LogP contribution < -0.4 is 4.90 Å². The molecule has 0 bridgehead atoms. The van der Waals surface area contributed by atoms with Crippen LogP contribution >= 0.6 is 0 Å². The van der Waals surface area contributed by atoms with E-state index in [0.29, 0.717) is 0 Å². The van der Waals surface area contributed by atoms with Crippen LogP contribution in [-0.4, -0.2) is 0 Å². The van der Waals surface area contributed by atoms with Crippen molar-refractivity contribution in [3.63, 3.8) is 0 Å². The number of fused-ring (bicyclic) bond motifs is 4. The van der Waals surface area contributed by atoms with Gasteiger partial charge in [0.15, 0.2) is 0 Å². The summed E-state index contributed by atoms with van der Waals surface area (Å²) in [6.45, 7) is 0. The van der Waals surface area contributed by atoms with Gasteiger partial charge in [-0.25, -0.2) is 0 Å². The van der Waals surface area contributed by atoms with Gasteiger partial charge in [0.25, 0.3) is 0 Å². The number of anilines is 3. The highest BCUT2D eigenvalue weighted by Gasteiger charge is 2.19. The number of hydrogen-bond acceptors (Lipinski definition) is 2. The lowest BCUT2D eigenvalue weighted by Crippen LogP contribution is -2.09. The summed E-state index contributed by atoms with van der Waals surface area (Å²) in [4.78, 5) is 2.35. The van der Waals surface area contributed by atoms with E-state index in [4.69, 9.17) is 4.42 Å². The zero-order valence-corrected chi connectivity index (χ0v) is 33.1. The third-order valence-corrected chi connectivity index (χ3v) is 11.9. The molecule has 1 aromatic heterocycles. The Balaban J connectivity index is 0.993. The molecule has 0 amide bonds. The topological polar surface area (TPSA) is 16.4 Å². The van der Waals surface area contributed by atoms with Crippen molar-refractivity contribution in [2.75, 3.05) is 4.90 Å². The van der Waals surface area contributed by atoms with Gasteiger partial charge < -0.3 is 9.32 Å². The van der Waals surface area contributed by atoms with E-state index in [0.717, 1.165) is 52.4 Å². The van der Waals surface area contributed by atoms with Gasteiger partial charge in [-0.3, -0.25) is 0 Å². The minimum atomic E-state index is 0.963. The average Bonchev–Trinajstić information content (AvgIpc) is 3.72. The Bertz CT molecular complexity index is 3090. The van der Waals surface area contributed by atoms with Crippen LogP contribution in [0.1, 0.15) is 17.7 Å². The van der Waals surface area contributed by atoms with E-state index < -0.39 is 0 Å². The van der Waals surface area contributed by atoms with E-state index in [1.165, 1.54) is 66.2 Å². The standard InChI is InChI=1S/C58H41NO/c1-3-13-40(14-4-1)46-37-47(41-15-5-2-6-16-41)39-48(38-46)42-25-31-49(32-26-42)59(50-33-27-44(28-34-50)53-21-11-18-43-17-7-8-19-52(43)53)51-35-29-45(30-36-51)54-22-12-23-56-55-20-9-10-24-57(55)60-58(54)56/h1-8,10-19,21-39H,9,20H2. The van der Waals surface area contributed by atoms with E-state index in [1.807, 2.05) is 0 Å². The predicted octanol–water partition coefficient (Wildman–Crippen LogP) is 16.4. The van der Waals surface area contributed by atoms with Gasteiger partial charge in [-0.2, -0.15) is 0 Å². The molecule has 0 unspecified atom stereocenters. The Labute approximate surface area is 351 Å². The Hall–Kier alpha value is -7.68. The van der Waals surface area contributed by atoms with Crippen molar-refractivity contribution in [3.05, 3.63) is 230 Å². The summed E-state index contributed by atoms with van der Waals surface area (Å²) in [6.07, 6.45) is 6.40. The summed E-state index contributed by atoms with van der Waals surface area (Å²) in [5.41, 5.74) is 17.4. The molecule has 60 heavy (non-hydrogen) atoms. The molecular formula is C58H41NO. The molecule has 0 saturated heterocycles. The van der Waals surface area contributed by atoms with E-state index in [-0.39, 0.29) is 0 Å². The summed E-state index contributed by atoms with van der Waals surface area (Å²) in [5, 5.41) is 3.72. The number of furan rings is 1. The largest absolute Gasteiger partial charge is 0.456 e. The molecule has 1 aliphatic rings. The molecule has 0 saturated carbocycles. The second-order valence-corrected chi connectivity index (χ2v) is 15.6. The molecule has 1 aliphatic carbocycles. The van der Waals surface area contributed by atoms with Gasteiger partial charge in [0.2, 0.25) is 0 Å². The van der Waals surface area contributed by atoms with Crippen molar-refractivity contribution in [1.82, 2.24) is 0 Å². The summed E-state index contributed by atoms with van der Waals surface area (Å²) in [5.74, 6) is 0.991. The lowest BCUT2D eigenvalue weighted by atomic mass is 9.93. The van der Waals surface area contributed by atoms with Crippen LogP contribution in [0, 0.1) is 0 Å². The van der Waals surface area contributed by atoms with Crippen molar-refractivity contribution in [3.8, 4) is 55.6 Å². The van der Waals surface area contributed by atoms with E-state index >= 15 is 0 Å². The Morgan fingerprint density at radius 2 is 0.833 bits per heavy atom. The first-order valence-corrected chi connectivity index (χ1v) is 20.8. The Morgan fingerprint density at radius 1 is 0.367 bits per heavy atom. The Kier molecular flexibility index (Phi) is 9.02. The third kappa shape index (κ3) is 6.59. The molecule has 9 aromatic carbocycles. The first kappa shape index (κ1) is 35.5. The summed E-state index contributed by atoms with van der Waals surface area (Å²) in [6, 6.07) is 76.9. The fourth-order valence-corrected chi connectivity index (χ4v) is 8.92. The second-order valence-electron chi connectivity index (χ2n) is 15.6. The van der Waals surface area contributed by atoms with Gasteiger partial charge in [-0.05, 0) is 134 Å². The molecule has 284 valence electrons. The molecule has 0 fully saturated rings. The highest BCUT2D eigenvalue weighted by molar-refractivity contribution is 5.98. The zero-order valence-electron chi connectivity index (χ0n) is 33.1. The van der Waals surface area contributed by atoms with Crippen LogP contribution in [0.5, 0.6) is 0 Å². The molecular weight excluding hydrogens is 727 g/mol. The lowest BCUT2D eigenvalue weighted by Gasteiger charge is -2.26.